The number of aliphatic hydroxyl groups is 2. The number of carboxylic acids is 1. The molecule has 4 heterocycles. The van der Waals surface area contributed by atoms with Crippen LogP contribution >= 0.6 is 0 Å². The van der Waals surface area contributed by atoms with E-state index in [1.807, 2.05) is 54.6 Å². The molecule has 62 heavy (non-hydrogen) atoms. The van der Waals surface area contributed by atoms with Crippen LogP contribution in [0.4, 0.5) is 35.5 Å². The van der Waals surface area contributed by atoms with E-state index in [9.17, 15) is 33.0 Å². The highest BCUT2D eigenvalue weighted by Gasteiger charge is 2.44. The Balaban J connectivity index is 0.000000845. The van der Waals surface area contributed by atoms with E-state index in [-0.39, 0.29) is 30.3 Å². The van der Waals surface area contributed by atoms with Crippen molar-refractivity contribution < 1.29 is 42.9 Å². The van der Waals surface area contributed by atoms with Crippen molar-refractivity contribution in [1.29, 1.82) is 0 Å². The van der Waals surface area contributed by atoms with Crippen molar-refractivity contribution in [3.8, 4) is 0 Å². The highest BCUT2D eigenvalue weighted by Crippen LogP contribution is 2.35. The fourth-order valence-corrected chi connectivity index (χ4v) is 7.48. The first kappa shape index (κ1) is 45.0. The molecule has 7 rings (SSSR count). The maximum Gasteiger partial charge on any atom is 0.490 e. The molecule has 20 heteroatoms. The predicted octanol–water partition coefficient (Wildman–Crippen LogP) is 4.04. The molecule has 1 aliphatic carbocycles. The average molecular weight is 862 g/mol. The Morgan fingerprint density at radius 1 is 0.839 bits per heavy atom. The summed E-state index contributed by atoms with van der Waals surface area (Å²) in [7, 11) is 0. The van der Waals surface area contributed by atoms with Gasteiger partial charge in [-0.2, -0.15) is 23.1 Å². The number of carbonyl (C=O) groups is 3. The van der Waals surface area contributed by atoms with Gasteiger partial charge >= 0.3 is 18.2 Å². The number of anilines is 3. The van der Waals surface area contributed by atoms with Gasteiger partial charge in [-0.3, -0.25) is 4.79 Å². The molecule has 5 aromatic rings. The summed E-state index contributed by atoms with van der Waals surface area (Å²) >= 11 is 0. The first-order valence-electron chi connectivity index (χ1n) is 20.3. The molecule has 1 aliphatic heterocycles. The molecule has 2 aliphatic rings. The van der Waals surface area contributed by atoms with Crippen molar-refractivity contribution in [3.63, 3.8) is 0 Å². The van der Waals surface area contributed by atoms with E-state index in [2.05, 4.69) is 65.7 Å². The molecule has 17 nitrogen and oxygen atoms in total. The van der Waals surface area contributed by atoms with Gasteiger partial charge in [0.05, 0.1) is 18.4 Å². The SMILES string of the molecule is CCC(=O)N[C@H]1C[C@@H](n2cnc3c(NCC(c4ccccc4)c4ccccc4)nc(NCCNC(=O)NC4CCN(c5ccccn5)CC4)nc32)[C@H](O)[C@@H]1O.O=C(O)C(F)(F)F. The lowest BCUT2D eigenvalue weighted by atomic mass is 9.91. The molecule has 3 aromatic heterocycles. The van der Waals surface area contributed by atoms with Crippen LogP contribution in [0, 0.1) is 0 Å². The molecule has 1 saturated carbocycles. The van der Waals surface area contributed by atoms with Gasteiger partial charge in [-0.25, -0.2) is 19.6 Å². The summed E-state index contributed by atoms with van der Waals surface area (Å²) in [5.74, 6) is -1.20. The van der Waals surface area contributed by atoms with Crippen LogP contribution in [0.2, 0.25) is 0 Å². The number of halogens is 3. The fraction of sp³-hybridized carbons (Fsp3) is 0.405. The van der Waals surface area contributed by atoms with Gasteiger partial charge in [0, 0.05) is 57.3 Å². The zero-order chi connectivity index (χ0) is 44.2. The Morgan fingerprint density at radius 2 is 1.48 bits per heavy atom. The number of carbonyl (C=O) groups excluding carboxylic acids is 2. The monoisotopic (exact) mass is 861 g/mol. The number of aromatic nitrogens is 5. The molecule has 8 N–H and O–H groups in total. The Hall–Kier alpha value is -6.54. The van der Waals surface area contributed by atoms with Crippen LogP contribution in [-0.4, -0.2) is 121 Å². The molecule has 4 atom stereocenters. The minimum Gasteiger partial charge on any atom is -0.475 e. The number of alkyl halides is 3. The Bertz CT molecular complexity index is 2190. The molecule has 0 unspecified atom stereocenters. The van der Waals surface area contributed by atoms with E-state index in [1.54, 1.807) is 24.0 Å². The number of fused-ring (bicyclic) bond motifs is 1. The number of rotatable bonds is 14. The topological polar surface area (TPSA) is 232 Å². The number of urea groups is 1. The van der Waals surface area contributed by atoms with Gasteiger partial charge in [-0.15, -0.1) is 0 Å². The molecular formula is C42H50F3N11O6. The zero-order valence-electron chi connectivity index (χ0n) is 33.9. The van der Waals surface area contributed by atoms with E-state index >= 15 is 0 Å². The molecule has 330 valence electrons. The van der Waals surface area contributed by atoms with E-state index in [4.69, 9.17) is 19.9 Å². The number of hydrogen-bond donors (Lipinski definition) is 8. The summed E-state index contributed by atoms with van der Waals surface area (Å²) in [4.78, 5) is 54.9. The van der Waals surface area contributed by atoms with Crippen molar-refractivity contribution in [3.05, 3.63) is 103 Å². The summed E-state index contributed by atoms with van der Waals surface area (Å²) in [5, 5.41) is 44.8. The van der Waals surface area contributed by atoms with Crippen molar-refractivity contribution in [1.82, 2.24) is 40.5 Å². The fourth-order valence-electron chi connectivity index (χ4n) is 7.48. The number of nitrogens with one attached hydrogen (secondary N) is 5. The maximum absolute atomic E-state index is 12.8. The molecule has 2 fully saturated rings. The number of nitrogens with zero attached hydrogens (tertiary/aromatic N) is 6. The number of imidazole rings is 1. The second-order valence-corrected chi connectivity index (χ2v) is 14.9. The number of pyridine rings is 1. The minimum absolute atomic E-state index is 0.00519. The number of amides is 3. The van der Waals surface area contributed by atoms with Gasteiger partial charge in [0.1, 0.15) is 18.0 Å². The Labute approximate surface area is 355 Å². The lowest BCUT2D eigenvalue weighted by Crippen LogP contribution is -2.48. The largest absolute Gasteiger partial charge is 0.490 e. The summed E-state index contributed by atoms with van der Waals surface area (Å²) in [6, 6.07) is 25.0. The van der Waals surface area contributed by atoms with Crippen molar-refractivity contribution in [2.75, 3.05) is 48.3 Å². The van der Waals surface area contributed by atoms with E-state index in [1.165, 1.54) is 0 Å². The second kappa shape index (κ2) is 20.8. The Kier molecular flexibility index (Phi) is 15.1. The van der Waals surface area contributed by atoms with Gasteiger partial charge in [0.25, 0.3) is 0 Å². The van der Waals surface area contributed by atoms with Gasteiger partial charge < -0.3 is 51.4 Å². The van der Waals surface area contributed by atoms with E-state index < -0.39 is 36.4 Å². The third kappa shape index (κ3) is 11.6. The van der Waals surface area contributed by atoms with Crippen LogP contribution < -0.4 is 31.5 Å². The first-order chi connectivity index (χ1) is 29.8. The van der Waals surface area contributed by atoms with Crippen molar-refractivity contribution in [2.24, 2.45) is 0 Å². The number of carboxylic acid groups (broad SMARTS) is 1. The quantitative estimate of drug-likeness (QED) is 0.0738. The van der Waals surface area contributed by atoms with Crippen LogP contribution in [0.15, 0.2) is 91.4 Å². The molecule has 0 bridgehead atoms. The van der Waals surface area contributed by atoms with Crippen LogP contribution in [0.5, 0.6) is 0 Å². The Morgan fingerprint density at radius 3 is 2.08 bits per heavy atom. The summed E-state index contributed by atoms with van der Waals surface area (Å²) in [6.07, 6.45) is -1.80. The molecule has 1 saturated heterocycles. The van der Waals surface area contributed by atoms with Crippen LogP contribution in [-0.2, 0) is 9.59 Å². The molecule has 2 aromatic carbocycles. The summed E-state index contributed by atoms with van der Waals surface area (Å²) < 4.78 is 33.5. The lowest BCUT2D eigenvalue weighted by Gasteiger charge is -2.33. The number of piperidine rings is 1. The van der Waals surface area contributed by atoms with Gasteiger partial charge in [0.15, 0.2) is 17.0 Å². The second-order valence-electron chi connectivity index (χ2n) is 14.9. The molecular weight excluding hydrogens is 812 g/mol. The molecule has 0 radical (unpaired) electrons. The van der Waals surface area contributed by atoms with E-state index in [0.29, 0.717) is 49.0 Å². The van der Waals surface area contributed by atoms with Crippen molar-refractivity contribution in [2.45, 2.75) is 75.0 Å². The highest BCUT2D eigenvalue weighted by atomic mass is 19.4. The third-order valence-electron chi connectivity index (χ3n) is 10.7. The number of benzene rings is 2. The van der Waals surface area contributed by atoms with Gasteiger partial charge in [0.2, 0.25) is 11.9 Å². The number of aliphatic carboxylic acids is 1. The highest BCUT2D eigenvalue weighted by molar-refractivity contribution is 5.84. The molecule has 0 spiro atoms. The van der Waals surface area contributed by atoms with Crippen LogP contribution in [0.25, 0.3) is 11.2 Å². The van der Waals surface area contributed by atoms with Gasteiger partial charge in [-0.1, -0.05) is 73.7 Å². The predicted molar refractivity (Wildman–Crippen MR) is 225 cm³/mol. The lowest BCUT2D eigenvalue weighted by molar-refractivity contribution is -0.192. The third-order valence-corrected chi connectivity index (χ3v) is 10.7. The minimum atomic E-state index is -5.08. The molecule has 3 amide bonds. The zero-order valence-corrected chi connectivity index (χ0v) is 33.9. The number of aliphatic hydroxyl groups excluding tert-OH is 2. The summed E-state index contributed by atoms with van der Waals surface area (Å²) in [6.45, 7) is 4.54. The van der Waals surface area contributed by atoms with Crippen LogP contribution in [0.1, 0.15) is 55.7 Å². The maximum atomic E-state index is 12.8. The standard InChI is InChI=1S/C40H49N11O4.C2HF3O2/c1-2-33(52)47-30-23-31(36(54)35(30)53)51-25-45-34-37(44-24-29(26-11-5-3-6-12-26)27-13-7-4-8-14-27)48-39(49-38(34)51)42-19-20-43-40(55)46-28-16-21-50(22-17-28)32-15-9-10-18-41-32;3-2(4,5)1(6)7/h3-15,18,25,28-31,35-36,53-54H,2,16-17,19-24H2,1H3,(H,47,52)(H2,43,46,55)(H2,42,44,48,49);(H,6,7)/t30-,31+,35+,36-;/m0./s1. The smallest absolute Gasteiger partial charge is 0.475 e. The first-order valence-corrected chi connectivity index (χ1v) is 20.3. The normalized spacial score (nSPS) is 19.0. The van der Waals surface area contributed by atoms with E-state index in [0.717, 1.165) is 42.9 Å². The average Bonchev–Trinajstić information content (AvgIpc) is 3.82. The summed E-state index contributed by atoms with van der Waals surface area (Å²) in [5.41, 5.74) is 3.24. The van der Waals surface area contributed by atoms with Gasteiger partial charge in [-0.05, 0) is 42.5 Å². The van der Waals surface area contributed by atoms with Crippen molar-refractivity contribution >= 4 is 46.7 Å². The number of hydrogen-bond acceptors (Lipinski definition) is 12. The van der Waals surface area contributed by atoms with Crippen LogP contribution in [0.3, 0.4) is 0 Å².